The molecule has 2 saturated heterocycles. The average molecular weight is 353 g/mol. The van der Waals surface area contributed by atoms with Gasteiger partial charge in [-0.2, -0.15) is 0 Å². The largest absolute Gasteiger partial charge is 0.381 e. The number of ether oxygens (including phenoxy) is 1. The molecule has 2 fully saturated rings. The smallest absolute Gasteiger partial charge is 0.225 e. The maximum atomic E-state index is 12.9. The number of likely N-dealkylation sites (tertiary alicyclic amines) is 1. The minimum Gasteiger partial charge on any atom is -0.381 e. The van der Waals surface area contributed by atoms with Gasteiger partial charge in [0.05, 0.1) is 0 Å². The van der Waals surface area contributed by atoms with Gasteiger partial charge in [0.2, 0.25) is 5.91 Å². The highest BCUT2D eigenvalue weighted by atomic mass is 16.5. The number of aromatic nitrogens is 2. The topological polar surface area (TPSA) is 47.4 Å². The third kappa shape index (κ3) is 3.83. The van der Waals surface area contributed by atoms with Gasteiger partial charge >= 0.3 is 0 Å². The Kier molecular flexibility index (Phi) is 5.34. The van der Waals surface area contributed by atoms with Crippen LogP contribution in [0.15, 0.2) is 42.7 Å². The van der Waals surface area contributed by atoms with Crippen molar-refractivity contribution in [2.45, 2.75) is 38.1 Å². The lowest BCUT2D eigenvalue weighted by molar-refractivity contribution is -0.139. The summed E-state index contributed by atoms with van der Waals surface area (Å²) in [7, 11) is 0. The van der Waals surface area contributed by atoms with Crippen molar-refractivity contribution in [1.82, 2.24) is 14.5 Å². The van der Waals surface area contributed by atoms with Crippen molar-refractivity contribution in [3.63, 3.8) is 0 Å². The van der Waals surface area contributed by atoms with Crippen LogP contribution in [0.2, 0.25) is 0 Å². The lowest BCUT2D eigenvalue weighted by Gasteiger charge is -2.35. The van der Waals surface area contributed by atoms with Crippen molar-refractivity contribution in [3.8, 4) is 0 Å². The van der Waals surface area contributed by atoms with E-state index in [4.69, 9.17) is 4.74 Å². The Labute approximate surface area is 155 Å². The van der Waals surface area contributed by atoms with E-state index in [1.165, 1.54) is 5.56 Å². The molecule has 0 saturated carbocycles. The second-order valence-corrected chi connectivity index (χ2v) is 7.41. The molecule has 1 unspecified atom stereocenters. The number of benzene rings is 1. The fourth-order valence-corrected chi connectivity index (χ4v) is 4.19. The first-order chi connectivity index (χ1) is 12.8. The van der Waals surface area contributed by atoms with Gasteiger partial charge in [0.25, 0.3) is 0 Å². The fraction of sp³-hybridized carbons (Fsp3) is 0.524. The fourth-order valence-electron chi connectivity index (χ4n) is 4.19. The molecule has 138 valence electrons. The van der Waals surface area contributed by atoms with Crippen molar-refractivity contribution < 1.29 is 9.53 Å². The zero-order valence-electron chi connectivity index (χ0n) is 15.2. The highest BCUT2D eigenvalue weighted by molar-refractivity contribution is 5.79. The summed E-state index contributed by atoms with van der Waals surface area (Å²) in [4.78, 5) is 19.6. The maximum Gasteiger partial charge on any atom is 0.225 e. The number of imidazole rings is 1. The summed E-state index contributed by atoms with van der Waals surface area (Å²) in [6.45, 7) is 3.94. The molecule has 0 bridgehead atoms. The Morgan fingerprint density at radius 3 is 2.77 bits per heavy atom. The van der Waals surface area contributed by atoms with Crippen LogP contribution in [0.25, 0.3) is 0 Å². The van der Waals surface area contributed by atoms with E-state index < -0.39 is 0 Å². The van der Waals surface area contributed by atoms with Gasteiger partial charge in [0, 0.05) is 57.1 Å². The molecule has 2 aliphatic rings. The van der Waals surface area contributed by atoms with Crippen LogP contribution in [0.1, 0.15) is 43.0 Å². The molecule has 1 aromatic heterocycles. The van der Waals surface area contributed by atoms with E-state index in [0.717, 1.165) is 64.4 Å². The normalized spacial score (nSPS) is 21.7. The standard InChI is InChI=1S/C21H27N3O2/c25-21(18-8-13-26-14-9-18)24-11-4-7-19(16-24)20-22-10-12-23(20)15-17-5-2-1-3-6-17/h1-3,5-6,10,12,18-19H,4,7-9,11,13-16H2. The van der Waals surface area contributed by atoms with Crippen LogP contribution in [0.5, 0.6) is 0 Å². The third-order valence-corrected chi connectivity index (χ3v) is 5.61. The van der Waals surface area contributed by atoms with E-state index in [1.54, 1.807) is 0 Å². The number of nitrogens with zero attached hydrogens (tertiary/aromatic N) is 3. The summed E-state index contributed by atoms with van der Waals surface area (Å²) >= 11 is 0. The van der Waals surface area contributed by atoms with Crippen LogP contribution in [-0.2, 0) is 16.1 Å². The third-order valence-electron chi connectivity index (χ3n) is 5.61. The van der Waals surface area contributed by atoms with Gasteiger partial charge in [-0.3, -0.25) is 4.79 Å². The van der Waals surface area contributed by atoms with Crippen molar-refractivity contribution >= 4 is 5.91 Å². The lowest BCUT2D eigenvalue weighted by Crippen LogP contribution is -2.44. The number of carbonyl (C=O) groups is 1. The van der Waals surface area contributed by atoms with E-state index in [9.17, 15) is 4.79 Å². The quantitative estimate of drug-likeness (QED) is 0.849. The molecule has 5 heteroatoms. The minimum absolute atomic E-state index is 0.145. The van der Waals surface area contributed by atoms with Crippen molar-refractivity contribution in [3.05, 3.63) is 54.1 Å². The molecule has 0 aliphatic carbocycles. The Morgan fingerprint density at radius 1 is 1.15 bits per heavy atom. The van der Waals surface area contributed by atoms with Gasteiger partial charge in [-0.15, -0.1) is 0 Å². The minimum atomic E-state index is 0.145. The molecular weight excluding hydrogens is 326 g/mol. The molecule has 0 N–H and O–H groups in total. The van der Waals surface area contributed by atoms with Gasteiger partial charge in [-0.25, -0.2) is 4.98 Å². The molecule has 1 amide bonds. The Bertz CT molecular complexity index is 722. The van der Waals surface area contributed by atoms with Gasteiger partial charge in [-0.1, -0.05) is 30.3 Å². The monoisotopic (exact) mass is 353 g/mol. The lowest BCUT2D eigenvalue weighted by atomic mass is 9.93. The van der Waals surface area contributed by atoms with Gasteiger partial charge in [0.1, 0.15) is 5.82 Å². The molecule has 2 aliphatic heterocycles. The van der Waals surface area contributed by atoms with Crippen LogP contribution < -0.4 is 0 Å². The highest BCUT2D eigenvalue weighted by Gasteiger charge is 2.31. The van der Waals surface area contributed by atoms with Crippen molar-refractivity contribution in [2.24, 2.45) is 5.92 Å². The zero-order chi connectivity index (χ0) is 17.8. The molecule has 0 radical (unpaired) electrons. The number of amides is 1. The Hall–Kier alpha value is -2.14. The summed E-state index contributed by atoms with van der Waals surface area (Å²) < 4.78 is 7.64. The second kappa shape index (κ2) is 8.04. The first kappa shape index (κ1) is 17.3. The molecule has 26 heavy (non-hydrogen) atoms. The van der Waals surface area contributed by atoms with Crippen LogP contribution in [0.4, 0.5) is 0 Å². The number of carbonyl (C=O) groups excluding carboxylic acids is 1. The van der Waals surface area contributed by atoms with Gasteiger partial charge < -0.3 is 14.2 Å². The van der Waals surface area contributed by atoms with E-state index in [0.29, 0.717) is 11.8 Å². The molecule has 0 spiro atoms. The first-order valence-electron chi connectivity index (χ1n) is 9.73. The Balaban J connectivity index is 1.45. The first-order valence-corrected chi connectivity index (χ1v) is 9.73. The molecule has 3 heterocycles. The van der Waals surface area contributed by atoms with Gasteiger partial charge in [-0.05, 0) is 31.2 Å². The summed E-state index contributed by atoms with van der Waals surface area (Å²) in [6.07, 6.45) is 7.82. The molecule has 1 aromatic carbocycles. The SMILES string of the molecule is O=C(C1CCOCC1)N1CCCC(c2nccn2Cc2ccccc2)C1. The predicted octanol–water partition coefficient (Wildman–Crippen LogP) is 3.06. The molecule has 1 atom stereocenters. The maximum absolute atomic E-state index is 12.9. The molecule has 4 rings (SSSR count). The summed E-state index contributed by atoms with van der Waals surface area (Å²) in [5.41, 5.74) is 1.28. The zero-order valence-corrected chi connectivity index (χ0v) is 15.2. The van der Waals surface area contributed by atoms with E-state index in [-0.39, 0.29) is 5.92 Å². The summed E-state index contributed by atoms with van der Waals surface area (Å²) in [6, 6.07) is 10.5. The number of hydrogen-bond donors (Lipinski definition) is 0. The van der Waals surface area contributed by atoms with Crippen molar-refractivity contribution in [1.29, 1.82) is 0 Å². The van der Waals surface area contributed by atoms with Crippen LogP contribution >= 0.6 is 0 Å². The van der Waals surface area contributed by atoms with E-state index in [1.807, 2.05) is 12.3 Å². The second-order valence-electron chi connectivity index (χ2n) is 7.41. The summed E-state index contributed by atoms with van der Waals surface area (Å²) in [5, 5.41) is 0. The number of rotatable bonds is 4. The van der Waals surface area contributed by atoms with Crippen molar-refractivity contribution in [2.75, 3.05) is 26.3 Å². The Morgan fingerprint density at radius 2 is 1.96 bits per heavy atom. The number of piperidine rings is 1. The van der Waals surface area contributed by atoms with Crippen LogP contribution in [0.3, 0.4) is 0 Å². The summed E-state index contributed by atoms with van der Waals surface area (Å²) in [5.74, 6) is 1.90. The van der Waals surface area contributed by atoms with Crippen LogP contribution in [-0.4, -0.2) is 46.7 Å². The van der Waals surface area contributed by atoms with Gasteiger partial charge in [0.15, 0.2) is 0 Å². The number of hydrogen-bond acceptors (Lipinski definition) is 3. The van der Waals surface area contributed by atoms with E-state index >= 15 is 0 Å². The molecule has 5 nitrogen and oxygen atoms in total. The highest BCUT2D eigenvalue weighted by Crippen LogP contribution is 2.28. The predicted molar refractivity (Wildman–Crippen MR) is 99.9 cm³/mol. The molecule has 2 aromatic rings. The molecular formula is C21H27N3O2. The van der Waals surface area contributed by atoms with E-state index in [2.05, 4.69) is 44.9 Å². The average Bonchev–Trinajstić information content (AvgIpc) is 3.17. The van der Waals surface area contributed by atoms with Crippen LogP contribution in [0, 0.1) is 5.92 Å².